The minimum absolute atomic E-state index is 0.0241. The molecule has 1 aliphatic carbocycles. The summed E-state index contributed by atoms with van der Waals surface area (Å²) in [6.45, 7) is 5.83. The van der Waals surface area contributed by atoms with Gasteiger partial charge in [-0.1, -0.05) is 5.16 Å². The molecule has 2 aromatic heterocycles. The number of furan rings is 1. The van der Waals surface area contributed by atoms with Crippen LogP contribution in [-0.4, -0.2) is 47.2 Å². The maximum atomic E-state index is 12.6. The normalized spacial score (nSPS) is 21.2. The van der Waals surface area contributed by atoms with E-state index in [0.717, 1.165) is 74.8 Å². The van der Waals surface area contributed by atoms with Gasteiger partial charge in [0.25, 0.3) is 0 Å². The third-order valence-electron chi connectivity index (χ3n) is 5.07. The van der Waals surface area contributed by atoms with Crippen molar-refractivity contribution in [1.82, 2.24) is 20.3 Å². The molecule has 1 unspecified atom stereocenters. The molecule has 4 rings (SSSR count). The Morgan fingerprint density at radius 2 is 2.20 bits per heavy atom. The molecule has 0 spiro atoms. The number of hydrogen-bond acceptors (Lipinski definition) is 5. The maximum absolute atomic E-state index is 12.6. The zero-order chi connectivity index (χ0) is 17.2. The summed E-state index contributed by atoms with van der Waals surface area (Å²) in [5.74, 6) is 1.85. The number of aromatic nitrogens is 1. The van der Waals surface area contributed by atoms with Gasteiger partial charge in [0.05, 0.1) is 18.0 Å². The summed E-state index contributed by atoms with van der Waals surface area (Å²) in [4.78, 5) is 16.8. The number of piperazine rings is 1. The molecule has 0 bridgehead atoms. The van der Waals surface area contributed by atoms with E-state index in [9.17, 15) is 4.79 Å². The molecule has 134 valence electrons. The second kappa shape index (κ2) is 6.92. The van der Waals surface area contributed by atoms with Crippen LogP contribution in [0.1, 0.15) is 41.7 Å². The largest absolute Gasteiger partial charge is 0.469 e. The Balaban J connectivity index is 1.29. The molecular formula is C18H24N4O3. The highest BCUT2D eigenvalue weighted by atomic mass is 16.5. The van der Waals surface area contributed by atoms with E-state index in [1.165, 1.54) is 0 Å². The summed E-state index contributed by atoms with van der Waals surface area (Å²) < 4.78 is 10.6. The number of nitrogens with zero attached hydrogens (tertiary/aromatic N) is 3. The molecular weight excluding hydrogens is 320 g/mol. The summed E-state index contributed by atoms with van der Waals surface area (Å²) in [5.41, 5.74) is 2.09. The number of nitrogens with one attached hydrogen (secondary N) is 1. The van der Waals surface area contributed by atoms with Crippen molar-refractivity contribution in [3.05, 3.63) is 41.2 Å². The minimum atomic E-state index is 0.0241. The third-order valence-corrected chi connectivity index (χ3v) is 5.07. The Hall–Kier alpha value is -2.28. The van der Waals surface area contributed by atoms with E-state index >= 15 is 0 Å². The van der Waals surface area contributed by atoms with E-state index < -0.39 is 0 Å². The van der Waals surface area contributed by atoms with Crippen molar-refractivity contribution in [3.63, 3.8) is 0 Å². The fourth-order valence-electron chi connectivity index (χ4n) is 3.71. The topological polar surface area (TPSA) is 74.8 Å². The smallest absolute Gasteiger partial charge is 0.317 e. The highest BCUT2D eigenvalue weighted by Gasteiger charge is 2.27. The first-order valence-corrected chi connectivity index (χ1v) is 8.95. The highest BCUT2D eigenvalue weighted by molar-refractivity contribution is 5.75. The molecule has 0 aromatic carbocycles. The lowest BCUT2D eigenvalue weighted by Crippen LogP contribution is -2.52. The van der Waals surface area contributed by atoms with Gasteiger partial charge in [0.2, 0.25) is 0 Å². The van der Waals surface area contributed by atoms with Gasteiger partial charge in [0.1, 0.15) is 11.5 Å². The fourth-order valence-corrected chi connectivity index (χ4v) is 3.71. The van der Waals surface area contributed by atoms with Crippen LogP contribution in [0.2, 0.25) is 0 Å². The van der Waals surface area contributed by atoms with Crippen LogP contribution in [-0.2, 0) is 13.0 Å². The monoisotopic (exact) mass is 344 g/mol. The van der Waals surface area contributed by atoms with Crippen LogP contribution in [0.5, 0.6) is 0 Å². The van der Waals surface area contributed by atoms with E-state index in [-0.39, 0.29) is 12.1 Å². The van der Waals surface area contributed by atoms with E-state index in [2.05, 4.69) is 15.4 Å². The van der Waals surface area contributed by atoms with Crippen molar-refractivity contribution in [2.75, 3.05) is 26.2 Å². The van der Waals surface area contributed by atoms with E-state index in [4.69, 9.17) is 8.94 Å². The molecule has 1 N–H and O–H groups in total. The van der Waals surface area contributed by atoms with Gasteiger partial charge in [-0.25, -0.2) is 4.79 Å². The van der Waals surface area contributed by atoms with Gasteiger partial charge in [-0.15, -0.1) is 0 Å². The molecule has 7 nitrogen and oxygen atoms in total. The van der Waals surface area contributed by atoms with Gasteiger partial charge in [-0.2, -0.15) is 0 Å². The van der Waals surface area contributed by atoms with Crippen LogP contribution in [0.3, 0.4) is 0 Å². The zero-order valence-electron chi connectivity index (χ0n) is 14.5. The number of carbonyl (C=O) groups is 1. The van der Waals surface area contributed by atoms with Crippen molar-refractivity contribution < 1.29 is 13.7 Å². The number of rotatable bonds is 3. The fraction of sp³-hybridized carbons (Fsp3) is 0.556. The number of amides is 2. The van der Waals surface area contributed by atoms with Gasteiger partial charge < -0.3 is 19.2 Å². The average Bonchev–Trinajstić information content (AvgIpc) is 3.25. The average molecular weight is 344 g/mol. The first kappa shape index (κ1) is 16.2. The molecule has 2 aromatic rings. The van der Waals surface area contributed by atoms with Crippen LogP contribution < -0.4 is 5.32 Å². The Kier molecular flexibility index (Phi) is 4.48. The van der Waals surface area contributed by atoms with Gasteiger partial charge in [-0.3, -0.25) is 4.90 Å². The standard InChI is InChI=1S/C18H24N4O3/c1-13-11-14(20-25-13)12-21-6-8-22(9-7-21)18(23)19-16-3-2-4-17-15(16)5-10-24-17/h5,10-11,16H,2-4,6-9,12H2,1H3,(H,19,23). The number of urea groups is 1. The molecule has 1 fully saturated rings. The van der Waals surface area contributed by atoms with Gasteiger partial charge in [-0.05, 0) is 25.8 Å². The summed E-state index contributed by atoms with van der Waals surface area (Å²) in [5, 5.41) is 7.22. The van der Waals surface area contributed by atoms with Crippen molar-refractivity contribution in [3.8, 4) is 0 Å². The molecule has 1 atom stereocenters. The SMILES string of the molecule is Cc1cc(CN2CCN(C(=O)NC3CCCc4occc43)CC2)no1. The summed E-state index contributed by atoms with van der Waals surface area (Å²) >= 11 is 0. The Morgan fingerprint density at radius 3 is 2.96 bits per heavy atom. The Labute approximate surface area is 146 Å². The van der Waals surface area contributed by atoms with Gasteiger partial charge in [0, 0.05) is 50.8 Å². The van der Waals surface area contributed by atoms with Crippen molar-refractivity contribution >= 4 is 6.03 Å². The number of fused-ring (bicyclic) bond motifs is 1. The molecule has 0 radical (unpaired) electrons. The second-order valence-corrected chi connectivity index (χ2v) is 6.89. The van der Waals surface area contributed by atoms with Crippen LogP contribution in [0.4, 0.5) is 4.79 Å². The summed E-state index contributed by atoms with van der Waals surface area (Å²) in [7, 11) is 0. The van der Waals surface area contributed by atoms with E-state index in [0.29, 0.717) is 0 Å². The zero-order valence-corrected chi connectivity index (χ0v) is 14.5. The van der Waals surface area contributed by atoms with Crippen LogP contribution in [0, 0.1) is 6.92 Å². The van der Waals surface area contributed by atoms with Crippen molar-refractivity contribution in [2.45, 2.75) is 38.8 Å². The van der Waals surface area contributed by atoms with Crippen LogP contribution >= 0.6 is 0 Å². The first-order valence-electron chi connectivity index (χ1n) is 8.95. The molecule has 7 heteroatoms. The highest BCUT2D eigenvalue weighted by Crippen LogP contribution is 2.30. The van der Waals surface area contributed by atoms with E-state index in [1.54, 1.807) is 6.26 Å². The van der Waals surface area contributed by atoms with Crippen molar-refractivity contribution in [1.29, 1.82) is 0 Å². The summed E-state index contributed by atoms with van der Waals surface area (Å²) in [6, 6.07) is 4.05. The number of aryl methyl sites for hydroxylation is 2. The molecule has 25 heavy (non-hydrogen) atoms. The summed E-state index contributed by atoms with van der Waals surface area (Å²) in [6.07, 6.45) is 4.72. The third kappa shape index (κ3) is 3.56. The molecule has 2 amide bonds. The predicted molar refractivity (Wildman–Crippen MR) is 91.0 cm³/mol. The molecule has 3 heterocycles. The lowest BCUT2D eigenvalue weighted by atomic mass is 9.93. The van der Waals surface area contributed by atoms with Crippen LogP contribution in [0.15, 0.2) is 27.3 Å². The molecule has 1 saturated heterocycles. The Bertz CT molecular complexity index is 730. The molecule has 0 saturated carbocycles. The van der Waals surface area contributed by atoms with Gasteiger partial charge in [0.15, 0.2) is 0 Å². The number of hydrogen-bond donors (Lipinski definition) is 1. The molecule has 1 aliphatic heterocycles. The minimum Gasteiger partial charge on any atom is -0.469 e. The second-order valence-electron chi connectivity index (χ2n) is 6.89. The van der Waals surface area contributed by atoms with Crippen molar-refractivity contribution in [2.24, 2.45) is 0 Å². The molecule has 2 aliphatic rings. The van der Waals surface area contributed by atoms with Gasteiger partial charge >= 0.3 is 6.03 Å². The predicted octanol–water partition coefficient (Wildman–Crippen LogP) is 2.48. The van der Waals surface area contributed by atoms with E-state index in [1.807, 2.05) is 24.0 Å². The lowest BCUT2D eigenvalue weighted by Gasteiger charge is -2.35. The van der Waals surface area contributed by atoms with Crippen LogP contribution in [0.25, 0.3) is 0 Å². The lowest BCUT2D eigenvalue weighted by molar-refractivity contribution is 0.131. The quantitative estimate of drug-likeness (QED) is 0.926. The number of carbonyl (C=O) groups excluding carboxylic acids is 1. The Morgan fingerprint density at radius 1 is 1.36 bits per heavy atom. The first-order chi connectivity index (χ1) is 12.2. The maximum Gasteiger partial charge on any atom is 0.317 e.